The Bertz CT molecular complexity index is 334. The van der Waals surface area contributed by atoms with Gasteiger partial charge in [-0.1, -0.05) is 11.6 Å². The largest absolute Gasteiger partial charge is 0.497 e. The summed E-state index contributed by atoms with van der Waals surface area (Å²) in [6.45, 7) is 2.18. The van der Waals surface area contributed by atoms with E-state index in [1.54, 1.807) is 7.11 Å². The molecule has 0 aliphatic carbocycles. The van der Waals surface area contributed by atoms with Gasteiger partial charge in [-0.25, -0.2) is 0 Å². The Morgan fingerprint density at radius 1 is 1.40 bits per heavy atom. The van der Waals surface area contributed by atoms with Crippen molar-refractivity contribution in [1.82, 2.24) is 5.32 Å². The average molecular weight is 226 g/mol. The summed E-state index contributed by atoms with van der Waals surface area (Å²) >= 11 is 6.05. The van der Waals surface area contributed by atoms with Crippen molar-refractivity contribution in [3.8, 4) is 5.75 Å². The molecule has 1 aromatic rings. The molecule has 1 heterocycles. The highest BCUT2D eigenvalue weighted by Crippen LogP contribution is 2.29. The van der Waals surface area contributed by atoms with E-state index in [0.717, 1.165) is 23.9 Å². The van der Waals surface area contributed by atoms with Gasteiger partial charge in [0.1, 0.15) is 5.75 Å². The molecule has 0 radical (unpaired) electrons. The first kappa shape index (κ1) is 10.8. The highest BCUT2D eigenvalue weighted by Gasteiger charge is 2.16. The van der Waals surface area contributed by atoms with Crippen LogP contribution in [0.3, 0.4) is 0 Å². The molecule has 2 rings (SSSR count). The first-order valence-electron chi connectivity index (χ1n) is 5.35. The highest BCUT2D eigenvalue weighted by molar-refractivity contribution is 6.30. The van der Waals surface area contributed by atoms with Crippen LogP contribution in [0.15, 0.2) is 18.2 Å². The molecule has 1 aliphatic heterocycles. The third-order valence-electron chi connectivity index (χ3n) is 2.90. The molecule has 3 heteroatoms. The number of hydrogen-bond donors (Lipinski definition) is 1. The van der Waals surface area contributed by atoms with E-state index in [4.69, 9.17) is 16.3 Å². The van der Waals surface area contributed by atoms with Crippen molar-refractivity contribution in [2.45, 2.75) is 18.8 Å². The van der Waals surface area contributed by atoms with Crippen molar-refractivity contribution in [2.24, 2.45) is 0 Å². The van der Waals surface area contributed by atoms with Gasteiger partial charge < -0.3 is 10.1 Å². The minimum absolute atomic E-state index is 0.575. The number of rotatable bonds is 2. The SMILES string of the molecule is COc1cc(Cl)cc([C@H]2CCCNC2)c1. The lowest BCUT2D eigenvalue weighted by atomic mass is 9.91. The fourth-order valence-corrected chi connectivity index (χ4v) is 2.31. The summed E-state index contributed by atoms with van der Waals surface area (Å²) in [5, 5.41) is 4.17. The van der Waals surface area contributed by atoms with E-state index in [9.17, 15) is 0 Å². The van der Waals surface area contributed by atoms with Gasteiger partial charge in [-0.2, -0.15) is 0 Å². The lowest BCUT2D eigenvalue weighted by Crippen LogP contribution is -2.28. The number of halogens is 1. The topological polar surface area (TPSA) is 21.3 Å². The maximum absolute atomic E-state index is 6.05. The zero-order valence-corrected chi connectivity index (χ0v) is 9.68. The standard InChI is InChI=1S/C12H16ClNO/c1-15-12-6-10(5-11(13)7-12)9-3-2-4-14-8-9/h5-7,9,14H,2-4,8H2,1H3/t9-/m0/s1. The summed E-state index contributed by atoms with van der Waals surface area (Å²) < 4.78 is 5.22. The molecule has 0 spiro atoms. The van der Waals surface area contributed by atoms with Gasteiger partial charge in [0.25, 0.3) is 0 Å². The number of ether oxygens (including phenoxy) is 1. The summed E-state index contributed by atoms with van der Waals surface area (Å²) in [5.41, 5.74) is 1.28. The Hall–Kier alpha value is -0.730. The second-order valence-electron chi connectivity index (χ2n) is 3.97. The number of benzene rings is 1. The lowest BCUT2D eigenvalue weighted by molar-refractivity contribution is 0.411. The molecular formula is C12H16ClNO. The predicted molar refractivity (Wildman–Crippen MR) is 62.8 cm³/mol. The Balaban J connectivity index is 2.22. The summed E-state index contributed by atoms with van der Waals surface area (Å²) in [6.07, 6.45) is 2.47. The fourth-order valence-electron chi connectivity index (χ4n) is 2.07. The van der Waals surface area contributed by atoms with Crippen molar-refractivity contribution in [1.29, 1.82) is 0 Å². The first-order chi connectivity index (χ1) is 7.29. The van der Waals surface area contributed by atoms with Crippen molar-refractivity contribution < 1.29 is 4.74 Å². The molecule has 0 amide bonds. The molecule has 2 nitrogen and oxygen atoms in total. The minimum Gasteiger partial charge on any atom is -0.497 e. The van der Waals surface area contributed by atoms with Crippen LogP contribution in [0.25, 0.3) is 0 Å². The maximum Gasteiger partial charge on any atom is 0.120 e. The van der Waals surface area contributed by atoms with E-state index < -0.39 is 0 Å². The van der Waals surface area contributed by atoms with Crippen LogP contribution in [0.2, 0.25) is 5.02 Å². The molecule has 0 aromatic heterocycles. The van der Waals surface area contributed by atoms with Gasteiger partial charge in [-0.15, -0.1) is 0 Å². The maximum atomic E-state index is 6.05. The molecule has 15 heavy (non-hydrogen) atoms. The third kappa shape index (κ3) is 2.64. The number of nitrogens with one attached hydrogen (secondary N) is 1. The van der Waals surface area contributed by atoms with Gasteiger partial charge in [-0.05, 0) is 49.1 Å². The second-order valence-corrected chi connectivity index (χ2v) is 4.40. The molecule has 1 saturated heterocycles. The minimum atomic E-state index is 0.575. The Kier molecular flexibility index (Phi) is 3.49. The van der Waals surface area contributed by atoms with Gasteiger partial charge in [0, 0.05) is 11.6 Å². The van der Waals surface area contributed by atoms with Crippen molar-refractivity contribution >= 4 is 11.6 Å². The van der Waals surface area contributed by atoms with Crippen molar-refractivity contribution in [3.05, 3.63) is 28.8 Å². The molecular weight excluding hydrogens is 210 g/mol. The molecule has 0 saturated carbocycles. The van der Waals surface area contributed by atoms with Gasteiger partial charge >= 0.3 is 0 Å². The van der Waals surface area contributed by atoms with Crippen LogP contribution in [0.1, 0.15) is 24.3 Å². The number of hydrogen-bond acceptors (Lipinski definition) is 2. The van der Waals surface area contributed by atoms with E-state index in [1.807, 2.05) is 12.1 Å². The van der Waals surface area contributed by atoms with Gasteiger partial charge in [0.2, 0.25) is 0 Å². The van der Waals surface area contributed by atoms with Crippen LogP contribution in [-0.4, -0.2) is 20.2 Å². The summed E-state index contributed by atoms with van der Waals surface area (Å²) in [6, 6.07) is 5.98. The lowest BCUT2D eigenvalue weighted by Gasteiger charge is -2.23. The molecule has 0 bridgehead atoms. The van der Waals surface area contributed by atoms with Crippen LogP contribution < -0.4 is 10.1 Å². The number of methoxy groups -OCH3 is 1. The molecule has 1 atom stereocenters. The summed E-state index contributed by atoms with van der Waals surface area (Å²) in [7, 11) is 1.68. The molecule has 82 valence electrons. The smallest absolute Gasteiger partial charge is 0.120 e. The van der Waals surface area contributed by atoms with E-state index in [-0.39, 0.29) is 0 Å². The Morgan fingerprint density at radius 2 is 2.27 bits per heavy atom. The van der Waals surface area contributed by atoms with E-state index in [1.165, 1.54) is 18.4 Å². The zero-order valence-electron chi connectivity index (χ0n) is 8.92. The monoisotopic (exact) mass is 225 g/mol. The van der Waals surface area contributed by atoms with Crippen LogP contribution in [0, 0.1) is 0 Å². The van der Waals surface area contributed by atoms with Gasteiger partial charge in [-0.3, -0.25) is 0 Å². The molecule has 0 unspecified atom stereocenters. The van der Waals surface area contributed by atoms with Crippen molar-refractivity contribution in [2.75, 3.05) is 20.2 Å². The van der Waals surface area contributed by atoms with Crippen LogP contribution >= 0.6 is 11.6 Å². The Labute approximate surface area is 95.6 Å². The van der Waals surface area contributed by atoms with Crippen molar-refractivity contribution in [3.63, 3.8) is 0 Å². The van der Waals surface area contributed by atoms with E-state index in [2.05, 4.69) is 11.4 Å². The molecule has 1 aromatic carbocycles. The molecule has 1 fully saturated rings. The predicted octanol–water partition coefficient (Wildman–Crippen LogP) is 2.82. The summed E-state index contributed by atoms with van der Waals surface area (Å²) in [5.74, 6) is 1.43. The molecule has 1 N–H and O–H groups in total. The Morgan fingerprint density at radius 3 is 2.93 bits per heavy atom. The van der Waals surface area contributed by atoms with E-state index in [0.29, 0.717) is 5.92 Å². The van der Waals surface area contributed by atoms with Crippen LogP contribution in [-0.2, 0) is 0 Å². The summed E-state index contributed by atoms with van der Waals surface area (Å²) in [4.78, 5) is 0. The molecule has 1 aliphatic rings. The zero-order chi connectivity index (χ0) is 10.7. The van der Waals surface area contributed by atoms with Crippen LogP contribution in [0.4, 0.5) is 0 Å². The third-order valence-corrected chi connectivity index (χ3v) is 3.12. The van der Waals surface area contributed by atoms with Gasteiger partial charge in [0.05, 0.1) is 7.11 Å². The second kappa shape index (κ2) is 4.86. The first-order valence-corrected chi connectivity index (χ1v) is 5.72. The van der Waals surface area contributed by atoms with Crippen LogP contribution in [0.5, 0.6) is 5.75 Å². The van der Waals surface area contributed by atoms with Gasteiger partial charge in [0.15, 0.2) is 0 Å². The fraction of sp³-hybridized carbons (Fsp3) is 0.500. The quantitative estimate of drug-likeness (QED) is 0.836. The van der Waals surface area contributed by atoms with E-state index >= 15 is 0 Å². The highest BCUT2D eigenvalue weighted by atomic mass is 35.5. The average Bonchev–Trinajstić information content (AvgIpc) is 2.29. The number of piperidine rings is 1. The normalized spacial score (nSPS) is 21.3.